The molecule has 0 saturated heterocycles. The molecule has 2 atom stereocenters. The maximum absolute atomic E-state index is 10.4. The lowest BCUT2D eigenvalue weighted by molar-refractivity contribution is 0.0696. The third-order valence-corrected chi connectivity index (χ3v) is 5.70. The molecule has 36 heavy (non-hydrogen) atoms. The first kappa shape index (κ1) is 32.8. The number of hydrogen-bond acceptors (Lipinski definition) is 8. The Balaban J connectivity index is 0.000000542. The molecule has 0 amide bonds. The molecule has 1 aliphatic carbocycles. The summed E-state index contributed by atoms with van der Waals surface area (Å²) in [6.07, 6.45) is 10.7. The molecule has 10 nitrogen and oxygen atoms in total. The average Bonchev–Trinajstić information content (AvgIpc) is 2.80. The lowest BCUT2D eigenvalue weighted by Gasteiger charge is -2.44. The van der Waals surface area contributed by atoms with Crippen molar-refractivity contribution < 1.29 is 29.4 Å². The molecule has 1 aliphatic rings. The minimum absolute atomic E-state index is 0.00750. The molecule has 0 aliphatic heterocycles. The van der Waals surface area contributed by atoms with Gasteiger partial charge in [0.15, 0.2) is 0 Å². The Morgan fingerprint density at radius 1 is 0.944 bits per heavy atom. The summed E-state index contributed by atoms with van der Waals surface area (Å²) in [5.41, 5.74) is 10.6. The summed E-state index contributed by atoms with van der Waals surface area (Å²) in [6.45, 7) is 8.51. The van der Waals surface area contributed by atoms with Crippen LogP contribution in [-0.2, 0) is 9.59 Å². The van der Waals surface area contributed by atoms with Crippen molar-refractivity contribution in [3.63, 3.8) is 0 Å². The average molecular weight is 505 g/mol. The second-order valence-electron chi connectivity index (χ2n) is 10.0. The van der Waals surface area contributed by atoms with Crippen LogP contribution in [0.4, 0.5) is 0 Å². The predicted molar refractivity (Wildman–Crippen MR) is 138 cm³/mol. The molecule has 0 spiro atoms. The molecule has 0 aromatic heterocycles. The lowest BCUT2D eigenvalue weighted by Crippen LogP contribution is -2.39. The van der Waals surface area contributed by atoms with Gasteiger partial charge in [0, 0.05) is 0 Å². The van der Waals surface area contributed by atoms with Gasteiger partial charge in [-0.15, -0.1) is 0 Å². The summed E-state index contributed by atoms with van der Waals surface area (Å²) in [6, 6.07) is 5.20. The number of carboxylic acid groups (broad SMARTS) is 2. The van der Waals surface area contributed by atoms with E-state index in [0.717, 1.165) is 51.3 Å². The molecule has 10 heteroatoms. The first-order chi connectivity index (χ1) is 16.9. The Morgan fingerprint density at radius 3 is 1.89 bits per heavy atom. The molecule has 1 fully saturated rings. The predicted octanol–water partition coefficient (Wildman–Crippen LogP) is 3.79. The number of carboxylic acids is 2. The fourth-order valence-electron chi connectivity index (χ4n) is 4.52. The number of nitrogens with zero attached hydrogens (tertiary/aromatic N) is 2. The molecule has 2 unspecified atom stereocenters. The largest absolute Gasteiger partial charge is 0.478 e. The van der Waals surface area contributed by atoms with Crippen LogP contribution in [0.1, 0.15) is 86.4 Å². The monoisotopic (exact) mass is 504 g/mol. The SMILES string of the molecule is CC1(C)CC(N=C=O)CC(C)(CN=C=O)C1.NCCCCCCN.O=C(O)c1cccc(C(=O)O)c1. The molecule has 1 saturated carbocycles. The topological polar surface area (TPSA) is 185 Å². The number of isocyanates is 2. The number of aliphatic imine (C=N–C) groups is 2. The zero-order chi connectivity index (χ0) is 27.6. The Kier molecular flexibility index (Phi) is 15.8. The molecule has 0 radical (unpaired) electrons. The second kappa shape index (κ2) is 17.3. The van der Waals surface area contributed by atoms with E-state index >= 15 is 0 Å². The Morgan fingerprint density at radius 2 is 1.47 bits per heavy atom. The van der Waals surface area contributed by atoms with Gasteiger partial charge in [0.2, 0.25) is 12.2 Å². The molecule has 200 valence electrons. The number of aromatic carboxylic acids is 2. The van der Waals surface area contributed by atoms with E-state index in [1.807, 2.05) is 0 Å². The minimum atomic E-state index is -1.13. The Labute approximate surface area is 212 Å². The van der Waals surface area contributed by atoms with Crippen LogP contribution in [0, 0.1) is 10.8 Å². The lowest BCUT2D eigenvalue weighted by atomic mass is 9.63. The number of hydrogen-bond donors (Lipinski definition) is 4. The highest BCUT2D eigenvalue weighted by atomic mass is 16.4. The van der Waals surface area contributed by atoms with E-state index in [9.17, 15) is 19.2 Å². The van der Waals surface area contributed by atoms with Gasteiger partial charge in [0.1, 0.15) is 0 Å². The zero-order valence-corrected chi connectivity index (χ0v) is 21.5. The smallest absolute Gasteiger partial charge is 0.335 e. The van der Waals surface area contributed by atoms with Crippen LogP contribution in [0.15, 0.2) is 34.3 Å². The minimum Gasteiger partial charge on any atom is -0.478 e. The van der Waals surface area contributed by atoms with Crippen molar-refractivity contribution in [3.05, 3.63) is 35.4 Å². The van der Waals surface area contributed by atoms with Gasteiger partial charge in [-0.05, 0) is 74.2 Å². The van der Waals surface area contributed by atoms with Crippen molar-refractivity contribution in [3.8, 4) is 0 Å². The third kappa shape index (κ3) is 14.3. The van der Waals surface area contributed by atoms with Crippen LogP contribution in [0.2, 0.25) is 0 Å². The van der Waals surface area contributed by atoms with Crippen molar-refractivity contribution in [2.75, 3.05) is 19.6 Å². The van der Waals surface area contributed by atoms with Gasteiger partial charge in [0.25, 0.3) is 0 Å². The second-order valence-corrected chi connectivity index (χ2v) is 10.0. The maximum atomic E-state index is 10.4. The van der Waals surface area contributed by atoms with E-state index in [4.69, 9.17) is 21.7 Å². The fourth-order valence-corrected chi connectivity index (χ4v) is 4.52. The number of carbonyl (C=O) groups excluding carboxylic acids is 2. The zero-order valence-electron chi connectivity index (χ0n) is 21.5. The fraction of sp³-hybridized carbons (Fsp3) is 0.615. The Bertz CT molecular complexity index is 888. The van der Waals surface area contributed by atoms with Crippen molar-refractivity contribution in [2.45, 2.75) is 71.8 Å². The summed E-state index contributed by atoms with van der Waals surface area (Å²) >= 11 is 0. The Hall–Kier alpha value is -3.16. The van der Waals surface area contributed by atoms with E-state index < -0.39 is 11.9 Å². The number of unbranched alkanes of at least 4 members (excludes halogenated alkanes) is 3. The van der Waals surface area contributed by atoms with Crippen molar-refractivity contribution in [2.24, 2.45) is 32.3 Å². The van der Waals surface area contributed by atoms with Crippen LogP contribution in [0.25, 0.3) is 0 Å². The van der Waals surface area contributed by atoms with Crippen LogP contribution in [0.3, 0.4) is 0 Å². The van der Waals surface area contributed by atoms with Gasteiger partial charge in [0.05, 0.1) is 23.7 Å². The van der Waals surface area contributed by atoms with Crippen LogP contribution >= 0.6 is 0 Å². The quantitative estimate of drug-likeness (QED) is 0.210. The number of benzene rings is 1. The van der Waals surface area contributed by atoms with Gasteiger partial charge in [-0.2, -0.15) is 0 Å². The van der Waals surface area contributed by atoms with Gasteiger partial charge >= 0.3 is 11.9 Å². The normalized spacial score (nSPS) is 19.6. The van der Waals surface area contributed by atoms with Gasteiger partial charge < -0.3 is 21.7 Å². The number of nitrogens with two attached hydrogens (primary N) is 2. The van der Waals surface area contributed by atoms with Gasteiger partial charge in [-0.1, -0.05) is 39.7 Å². The summed E-state index contributed by atoms with van der Waals surface area (Å²) in [4.78, 5) is 48.8. The third-order valence-electron chi connectivity index (χ3n) is 5.70. The maximum Gasteiger partial charge on any atom is 0.335 e. The standard InChI is InChI=1S/C12H18N2O2.C8H6O4.C6H16N2/c1-11(2)4-10(14-9-16)5-12(3,6-11)7-13-8-15;9-7(10)5-2-1-3-6(4-5)8(11)12;7-5-3-1-2-4-6-8/h10H,4-7H2,1-3H3;1-4H,(H,9,10)(H,11,12);1-8H2. The molecule has 0 bridgehead atoms. The first-order valence-electron chi connectivity index (χ1n) is 12.0. The van der Waals surface area contributed by atoms with Crippen molar-refractivity contribution >= 4 is 24.1 Å². The summed E-state index contributed by atoms with van der Waals surface area (Å²) in [5.74, 6) is -2.25. The highest BCUT2D eigenvalue weighted by Gasteiger charge is 2.41. The molecule has 0 heterocycles. The summed E-state index contributed by atoms with van der Waals surface area (Å²) in [5, 5.41) is 17.0. The summed E-state index contributed by atoms with van der Waals surface area (Å²) in [7, 11) is 0. The molecular formula is C26H40N4O6. The summed E-state index contributed by atoms with van der Waals surface area (Å²) < 4.78 is 0. The molecular weight excluding hydrogens is 464 g/mol. The van der Waals surface area contributed by atoms with Gasteiger partial charge in [-0.3, -0.25) is 0 Å². The molecule has 2 rings (SSSR count). The van der Waals surface area contributed by atoms with Crippen molar-refractivity contribution in [1.82, 2.24) is 0 Å². The van der Waals surface area contributed by atoms with E-state index in [-0.39, 0.29) is 28.0 Å². The van der Waals surface area contributed by atoms with E-state index in [1.54, 1.807) is 12.2 Å². The van der Waals surface area contributed by atoms with Gasteiger partial charge in [-0.25, -0.2) is 29.2 Å². The highest BCUT2D eigenvalue weighted by molar-refractivity contribution is 5.93. The van der Waals surface area contributed by atoms with E-state index in [2.05, 4.69) is 30.8 Å². The number of rotatable bonds is 10. The molecule has 6 N–H and O–H groups in total. The van der Waals surface area contributed by atoms with E-state index in [1.165, 1.54) is 31.0 Å². The highest BCUT2D eigenvalue weighted by Crippen LogP contribution is 2.47. The van der Waals surface area contributed by atoms with Crippen LogP contribution in [-0.4, -0.2) is 60.0 Å². The van der Waals surface area contributed by atoms with Crippen LogP contribution < -0.4 is 11.5 Å². The number of carbonyl (C=O) groups is 2. The first-order valence-corrected chi connectivity index (χ1v) is 12.0. The van der Waals surface area contributed by atoms with Crippen LogP contribution in [0.5, 0.6) is 0 Å². The molecule has 1 aromatic carbocycles. The molecule has 1 aromatic rings. The van der Waals surface area contributed by atoms with Crippen molar-refractivity contribution in [1.29, 1.82) is 0 Å². The van der Waals surface area contributed by atoms with E-state index in [0.29, 0.717) is 6.54 Å².